The lowest BCUT2D eigenvalue weighted by atomic mass is 9.95. The molecule has 0 aliphatic carbocycles. The SMILES string of the molecule is CCOc1ccc(C2c3c(-c4cc(Cl)ccc4O)n[nH]c3C(=O)N2Cc2cccnc2)cc1OC. The number of phenols is 1. The molecule has 0 bridgehead atoms. The number of pyridine rings is 1. The fourth-order valence-corrected chi connectivity index (χ4v) is 4.60. The van der Waals surface area contributed by atoms with Gasteiger partial charge in [-0.2, -0.15) is 5.10 Å². The summed E-state index contributed by atoms with van der Waals surface area (Å²) in [5, 5.41) is 18.3. The van der Waals surface area contributed by atoms with Crippen LogP contribution in [-0.4, -0.2) is 44.8 Å². The molecule has 3 heterocycles. The van der Waals surface area contributed by atoms with Gasteiger partial charge >= 0.3 is 0 Å². The van der Waals surface area contributed by atoms with Crippen LogP contribution < -0.4 is 9.47 Å². The van der Waals surface area contributed by atoms with Gasteiger partial charge in [-0.05, 0) is 54.4 Å². The summed E-state index contributed by atoms with van der Waals surface area (Å²) in [4.78, 5) is 19.5. The van der Waals surface area contributed by atoms with Crippen molar-refractivity contribution in [1.82, 2.24) is 20.1 Å². The van der Waals surface area contributed by atoms with Gasteiger partial charge in [0.2, 0.25) is 0 Å². The average molecular weight is 491 g/mol. The number of aromatic hydroxyl groups is 1. The van der Waals surface area contributed by atoms with Crippen molar-refractivity contribution in [2.24, 2.45) is 0 Å². The molecule has 2 N–H and O–H groups in total. The Morgan fingerprint density at radius 1 is 1.17 bits per heavy atom. The number of amides is 1. The Labute approximate surface area is 207 Å². The number of carbonyl (C=O) groups is 1. The van der Waals surface area contributed by atoms with Crippen LogP contribution in [0.3, 0.4) is 0 Å². The van der Waals surface area contributed by atoms with Crippen LogP contribution in [0.15, 0.2) is 60.9 Å². The fourth-order valence-electron chi connectivity index (χ4n) is 4.43. The normalized spacial score (nSPS) is 14.8. The number of H-pyrrole nitrogens is 1. The average Bonchev–Trinajstić information content (AvgIpc) is 3.41. The second-order valence-corrected chi connectivity index (χ2v) is 8.50. The number of rotatable bonds is 7. The van der Waals surface area contributed by atoms with Crippen molar-refractivity contribution < 1.29 is 19.4 Å². The van der Waals surface area contributed by atoms with Crippen LogP contribution in [0.2, 0.25) is 5.02 Å². The first-order valence-corrected chi connectivity index (χ1v) is 11.5. The molecule has 1 unspecified atom stereocenters. The number of fused-ring (bicyclic) bond motifs is 1. The third-order valence-corrected chi connectivity index (χ3v) is 6.19. The van der Waals surface area contributed by atoms with Crippen molar-refractivity contribution in [2.75, 3.05) is 13.7 Å². The van der Waals surface area contributed by atoms with E-state index < -0.39 is 6.04 Å². The van der Waals surface area contributed by atoms with Gasteiger partial charge in [-0.3, -0.25) is 14.9 Å². The third kappa shape index (κ3) is 4.06. The molecular formula is C26H23ClN4O4. The van der Waals surface area contributed by atoms with E-state index in [9.17, 15) is 9.90 Å². The highest BCUT2D eigenvalue weighted by atomic mass is 35.5. The number of aromatic nitrogens is 3. The molecule has 35 heavy (non-hydrogen) atoms. The summed E-state index contributed by atoms with van der Waals surface area (Å²) < 4.78 is 11.3. The standard InChI is InChI=1S/C26H23ClN4O4/c1-3-35-20-9-6-16(11-21(20)34-2)25-22-23(18-12-17(27)7-8-19(18)32)29-30-24(22)26(33)31(25)14-15-5-4-10-28-13-15/h4-13,25,32H,3,14H2,1-2H3,(H,29,30). The summed E-state index contributed by atoms with van der Waals surface area (Å²) in [5.74, 6) is 0.982. The molecule has 1 atom stereocenters. The molecule has 9 heteroatoms. The zero-order valence-electron chi connectivity index (χ0n) is 19.2. The van der Waals surface area contributed by atoms with Crippen LogP contribution in [0.25, 0.3) is 11.3 Å². The molecule has 5 rings (SSSR count). The lowest BCUT2D eigenvalue weighted by Crippen LogP contribution is -2.29. The zero-order chi connectivity index (χ0) is 24.5. The first-order valence-electron chi connectivity index (χ1n) is 11.1. The minimum Gasteiger partial charge on any atom is -0.507 e. The third-order valence-electron chi connectivity index (χ3n) is 5.96. The van der Waals surface area contributed by atoms with Gasteiger partial charge in [0.1, 0.15) is 17.1 Å². The number of methoxy groups -OCH3 is 1. The number of hydrogen-bond donors (Lipinski definition) is 2. The van der Waals surface area contributed by atoms with E-state index in [2.05, 4.69) is 15.2 Å². The molecule has 1 aliphatic rings. The van der Waals surface area contributed by atoms with E-state index in [0.29, 0.717) is 52.2 Å². The lowest BCUT2D eigenvalue weighted by Gasteiger charge is -2.27. The van der Waals surface area contributed by atoms with Crippen molar-refractivity contribution in [3.05, 3.63) is 88.3 Å². The number of carbonyl (C=O) groups excluding carboxylic acids is 1. The minimum absolute atomic E-state index is 0.0184. The molecule has 0 spiro atoms. The van der Waals surface area contributed by atoms with Crippen LogP contribution in [-0.2, 0) is 6.54 Å². The van der Waals surface area contributed by atoms with Gasteiger partial charge in [0.25, 0.3) is 5.91 Å². The molecule has 2 aromatic heterocycles. The van der Waals surface area contributed by atoms with E-state index in [1.54, 1.807) is 36.5 Å². The van der Waals surface area contributed by atoms with Gasteiger partial charge < -0.3 is 19.5 Å². The Balaban J connectivity index is 1.68. The Morgan fingerprint density at radius 3 is 2.77 bits per heavy atom. The summed E-state index contributed by atoms with van der Waals surface area (Å²) >= 11 is 6.23. The van der Waals surface area contributed by atoms with Gasteiger partial charge in [-0.25, -0.2) is 0 Å². The van der Waals surface area contributed by atoms with E-state index in [0.717, 1.165) is 11.1 Å². The van der Waals surface area contributed by atoms with Crippen molar-refractivity contribution >= 4 is 17.5 Å². The number of phenolic OH excluding ortho intramolecular Hbond substituents is 1. The summed E-state index contributed by atoms with van der Waals surface area (Å²) in [6.07, 6.45) is 3.42. The first-order chi connectivity index (χ1) is 17.0. The predicted molar refractivity (Wildman–Crippen MR) is 131 cm³/mol. The summed E-state index contributed by atoms with van der Waals surface area (Å²) in [5.41, 5.74) is 3.61. The van der Waals surface area contributed by atoms with Gasteiger partial charge in [0.05, 0.1) is 19.8 Å². The van der Waals surface area contributed by atoms with E-state index >= 15 is 0 Å². The Hall–Kier alpha value is -4.04. The number of benzene rings is 2. The highest BCUT2D eigenvalue weighted by molar-refractivity contribution is 6.31. The zero-order valence-corrected chi connectivity index (χ0v) is 19.9. The molecule has 4 aromatic rings. The molecule has 1 aliphatic heterocycles. The maximum absolute atomic E-state index is 13.6. The van der Waals surface area contributed by atoms with Gasteiger partial charge in [0.15, 0.2) is 11.5 Å². The molecule has 178 valence electrons. The molecule has 0 radical (unpaired) electrons. The molecule has 0 fully saturated rings. The van der Waals surface area contributed by atoms with E-state index in [1.165, 1.54) is 6.07 Å². The number of nitrogens with one attached hydrogen (secondary N) is 1. The van der Waals surface area contributed by atoms with E-state index in [-0.39, 0.29) is 11.7 Å². The van der Waals surface area contributed by atoms with E-state index in [1.807, 2.05) is 37.3 Å². The van der Waals surface area contributed by atoms with Gasteiger partial charge in [-0.15, -0.1) is 0 Å². The van der Waals surface area contributed by atoms with Crippen molar-refractivity contribution in [3.63, 3.8) is 0 Å². The molecule has 0 saturated carbocycles. The van der Waals surface area contributed by atoms with Crippen LogP contribution in [0.4, 0.5) is 0 Å². The quantitative estimate of drug-likeness (QED) is 0.379. The smallest absolute Gasteiger partial charge is 0.273 e. The Bertz CT molecular complexity index is 1390. The van der Waals surface area contributed by atoms with Gasteiger partial charge in [-0.1, -0.05) is 23.7 Å². The summed E-state index contributed by atoms with van der Waals surface area (Å²) in [6.45, 7) is 2.73. The second kappa shape index (κ2) is 9.31. The van der Waals surface area contributed by atoms with Crippen LogP contribution in [0, 0.1) is 0 Å². The number of aromatic amines is 1. The van der Waals surface area contributed by atoms with E-state index in [4.69, 9.17) is 21.1 Å². The number of halogens is 1. The predicted octanol–water partition coefficient (Wildman–Crippen LogP) is 4.98. The van der Waals surface area contributed by atoms with Crippen LogP contribution in [0.5, 0.6) is 17.2 Å². The monoisotopic (exact) mass is 490 g/mol. The van der Waals surface area contributed by atoms with Gasteiger partial charge in [0, 0.05) is 35.1 Å². The maximum atomic E-state index is 13.6. The maximum Gasteiger partial charge on any atom is 0.273 e. The molecule has 2 aromatic carbocycles. The fraction of sp³-hybridized carbons (Fsp3) is 0.192. The van der Waals surface area contributed by atoms with Crippen molar-refractivity contribution in [2.45, 2.75) is 19.5 Å². The number of ether oxygens (including phenoxy) is 2. The first kappa shape index (κ1) is 22.7. The molecule has 8 nitrogen and oxygen atoms in total. The van der Waals surface area contributed by atoms with Crippen molar-refractivity contribution in [3.8, 4) is 28.5 Å². The summed E-state index contributed by atoms with van der Waals surface area (Å²) in [7, 11) is 1.58. The number of nitrogens with zero attached hydrogens (tertiary/aromatic N) is 3. The van der Waals surface area contributed by atoms with Crippen LogP contribution >= 0.6 is 11.6 Å². The van der Waals surface area contributed by atoms with Crippen LogP contribution in [0.1, 0.15) is 40.1 Å². The Kier molecular flexibility index (Phi) is 6.05. The highest BCUT2D eigenvalue weighted by Crippen LogP contribution is 2.46. The largest absolute Gasteiger partial charge is 0.507 e. The molecule has 1 amide bonds. The Morgan fingerprint density at radius 2 is 2.03 bits per heavy atom. The number of hydrogen-bond acceptors (Lipinski definition) is 6. The molecular weight excluding hydrogens is 468 g/mol. The molecule has 0 saturated heterocycles. The summed E-state index contributed by atoms with van der Waals surface area (Å²) in [6, 6.07) is 13.6. The highest BCUT2D eigenvalue weighted by Gasteiger charge is 2.42. The second-order valence-electron chi connectivity index (χ2n) is 8.06. The minimum atomic E-state index is -0.505. The lowest BCUT2D eigenvalue weighted by molar-refractivity contribution is 0.0729. The van der Waals surface area contributed by atoms with Crippen molar-refractivity contribution in [1.29, 1.82) is 0 Å². The topological polar surface area (TPSA) is 101 Å².